The third-order valence-corrected chi connectivity index (χ3v) is 2.55. The SMILES string of the molecule is Nc1ccc(C(=O)Nc2ccccc2)c(C(=O)O)c1. The van der Waals surface area contributed by atoms with E-state index in [2.05, 4.69) is 5.32 Å². The molecular weight excluding hydrogens is 244 g/mol. The first kappa shape index (κ1) is 12.6. The highest BCUT2D eigenvalue weighted by atomic mass is 16.4. The van der Waals surface area contributed by atoms with Crippen LogP contribution in [0.15, 0.2) is 48.5 Å². The quantitative estimate of drug-likeness (QED) is 0.734. The van der Waals surface area contributed by atoms with Crippen LogP contribution in [0.4, 0.5) is 11.4 Å². The maximum Gasteiger partial charge on any atom is 0.336 e. The van der Waals surface area contributed by atoms with Gasteiger partial charge in [0.05, 0.1) is 11.1 Å². The molecule has 0 spiro atoms. The van der Waals surface area contributed by atoms with Crippen molar-refractivity contribution >= 4 is 23.3 Å². The second kappa shape index (κ2) is 5.22. The molecule has 0 saturated heterocycles. The number of nitrogen functional groups attached to an aromatic ring is 1. The lowest BCUT2D eigenvalue weighted by molar-refractivity contribution is 0.0692. The molecule has 96 valence electrons. The van der Waals surface area contributed by atoms with Gasteiger partial charge in [0.15, 0.2) is 0 Å². The normalized spacial score (nSPS) is 9.89. The molecule has 0 aliphatic carbocycles. The lowest BCUT2D eigenvalue weighted by Crippen LogP contribution is -2.16. The van der Waals surface area contributed by atoms with Crippen LogP contribution >= 0.6 is 0 Å². The zero-order valence-corrected chi connectivity index (χ0v) is 9.96. The molecule has 0 heterocycles. The molecule has 0 aromatic heterocycles. The zero-order chi connectivity index (χ0) is 13.8. The van der Waals surface area contributed by atoms with Gasteiger partial charge in [-0.3, -0.25) is 4.79 Å². The predicted molar refractivity (Wildman–Crippen MR) is 72.2 cm³/mol. The summed E-state index contributed by atoms with van der Waals surface area (Å²) >= 11 is 0. The topological polar surface area (TPSA) is 92.4 Å². The summed E-state index contributed by atoms with van der Waals surface area (Å²) in [6, 6.07) is 13.0. The Morgan fingerprint density at radius 3 is 2.32 bits per heavy atom. The van der Waals surface area contributed by atoms with Crippen molar-refractivity contribution in [1.82, 2.24) is 0 Å². The third-order valence-electron chi connectivity index (χ3n) is 2.55. The maximum atomic E-state index is 12.0. The molecule has 0 saturated carbocycles. The number of aromatic carboxylic acids is 1. The Hall–Kier alpha value is -2.82. The van der Waals surface area contributed by atoms with Gasteiger partial charge in [0.25, 0.3) is 5.91 Å². The number of carbonyl (C=O) groups is 2. The second-order valence-electron chi connectivity index (χ2n) is 3.93. The average Bonchev–Trinajstić information content (AvgIpc) is 2.39. The summed E-state index contributed by atoms with van der Waals surface area (Å²) < 4.78 is 0. The van der Waals surface area contributed by atoms with Crippen LogP contribution in [0.25, 0.3) is 0 Å². The number of carbonyl (C=O) groups excluding carboxylic acids is 1. The van der Waals surface area contributed by atoms with E-state index >= 15 is 0 Å². The number of anilines is 2. The number of benzene rings is 2. The molecule has 19 heavy (non-hydrogen) atoms. The summed E-state index contributed by atoms with van der Waals surface area (Å²) in [5, 5.41) is 11.7. The highest BCUT2D eigenvalue weighted by molar-refractivity contribution is 6.11. The molecule has 2 aromatic carbocycles. The van der Waals surface area contributed by atoms with E-state index in [-0.39, 0.29) is 11.1 Å². The molecule has 0 bridgehead atoms. The van der Waals surface area contributed by atoms with Crippen molar-refractivity contribution in [3.8, 4) is 0 Å². The van der Waals surface area contributed by atoms with E-state index in [4.69, 9.17) is 10.8 Å². The first-order valence-electron chi connectivity index (χ1n) is 5.57. The Morgan fingerprint density at radius 2 is 1.68 bits per heavy atom. The van der Waals surface area contributed by atoms with E-state index in [1.165, 1.54) is 18.2 Å². The highest BCUT2D eigenvalue weighted by Crippen LogP contribution is 2.16. The lowest BCUT2D eigenvalue weighted by atomic mass is 10.1. The fraction of sp³-hybridized carbons (Fsp3) is 0. The van der Waals surface area contributed by atoms with Gasteiger partial charge in [-0.15, -0.1) is 0 Å². The lowest BCUT2D eigenvalue weighted by Gasteiger charge is -2.08. The van der Waals surface area contributed by atoms with E-state index < -0.39 is 11.9 Å². The van der Waals surface area contributed by atoms with Gasteiger partial charge in [0.1, 0.15) is 0 Å². The van der Waals surface area contributed by atoms with Crippen LogP contribution in [0, 0.1) is 0 Å². The predicted octanol–water partition coefficient (Wildman–Crippen LogP) is 2.22. The Balaban J connectivity index is 2.31. The van der Waals surface area contributed by atoms with Gasteiger partial charge in [-0.25, -0.2) is 4.79 Å². The number of rotatable bonds is 3. The molecule has 2 aromatic rings. The van der Waals surface area contributed by atoms with E-state index in [1.807, 2.05) is 6.07 Å². The minimum Gasteiger partial charge on any atom is -0.478 e. The van der Waals surface area contributed by atoms with Crippen molar-refractivity contribution in [3.05, 3.63) is 59.7 Å². The van der Waals surface area contributed by atoms with Crippen molar-refractivity contribution in [2.45, 2.75) is 0 Å². The Morgan fingerprint density at radius 1 is 1.00 bits per heavy atom. The number of hydrogen-bond donors (Lipinski definition) is 3. The summed E-state index contributed by atoms with van der Waals surface area (Å²) in [7, 11) is 0. The molecule has 0 aliphatic rings. The van der Waals surface area contributed by atoms with Gasteiger partial charge in [0, 0.05) is 11.4 Å². The molecule has 1 amide bonds. The van der Waals surface area contributed by atoms with E-state index in [0.717, 1.165) is 0 Å². The Bertz CT molecular complexity index is 624. The highest BCUT2D eigenvalue weighted by Gasteiger charge is 2.16. The van der Waals surface area contributed by atoms with Gasteiger partial charge >= 0.3 is 5.97 Å². The van der Waals surface area contributed by atoms with Crippen molar-refractivity contribution in [2.75, 3.05) is 11.1 Å². The van der Waals surface area contributed by atoms with Crippen molar-refractivity contribution in [2.24, 2.45) is 0 Å². The van der Waals surface area contributed by atoms with Crippen LogP contribution < -0.4 is 11.1 Å². The molecule has 0 fully saturated rings. The number of hydrogen-bond acceptors (Lipinski definition) is 3. The van der Waals surface area contributed by atoms with Gasteiger partial charge in [-0.2, -0.15) is 0 Å². The summed E-state index contributed by atoms with van der Waals surface area (Å²) in [5.74, 6) is -1.67. The second-order valence-corrected chi connectivity index (χ2v) is 3.93. The number of para-hydroxylation sites is 1. The number of nitrogens with two attached hydrogens (primary N) is 1. The molecule has 0 aliphatic heterocycles. The standard InChI is InChI=1S/C14H12N2O3/c15-9-6-7-11(12(8-9)14(18)19)13(17)16-10-4-2-1-3-5-10/h1-8H,15H2,(H,16,17)(H,18,19). The monoisotopic (exact) mass is 256 g/mol. The first-order valence-corrected chi connectivity index (χ1v) is 5.57. The summed E-state index contributed by atoms with van der Waals surface area (Å²) in [4.78, 5) is 23.1. The zero-order valence-electron chi connectivity index (χ0n) is 9.96. The summed E-state index contributed by atoms with van der Waals surface area (Å²) in [5.41, 5.74) is 6.38. The Kier molecular flexibility index (Phi) is 3.47. The molecule has 0 unspecified atom stereocenters. The molecule has 0 atom stereocenters. The minimum absolute atomic E-state index is 0.0746. The Labute approximate surface area is 109 Å². The van der Waals surface area contributed by atoms with Gasteiger partial charge in [-0.1, -0.05) is 18.2 Å². The van der Waals surface area contributed by atoms with Crippen molar-refractivity contribution < 1.29 is 14.7 Å². The first-order chi connectivity index (χ1) is 9.08. The van der Waals surface area contributed by atoms with Crippen LogP contribution in [0.5, 0.6) is 0 Å². The van der Waals surface area contributed by atoms with E-state index in [1.54, 1.807) is 24.3 Å². The molecule has 2 rings (SSSR count). The van der Waals surface area contributed by atoms with E-state index in [0.29, 0.717) is 11.4 Å². The van der Waals surface area contributed by atoms with Crippen molar-refractivity contribution in [1.29, 1.82) is 0 Å². The van der Waals surface area contributed by atoms with Crippen LogP contribution in [0.1, 0.15) is 20.7 Å². The number of carboxylic acids is 1. The molecule has 0 radical (unpaired) electrons. The van der Waals surface area contributed by atoms with Gasteiger partial charge < -0.3 is 16.2 Å². The van der Waals surface area contributed by atoms with Gasteiger partial charge in [-0.05, 0) is 30.3 Å². The molecule has 5 heteroatoms. The van der Waals surface area contributed by atoms with Crippen LogP contribution in [-0.4, -0.2) is 17.0 Å². The smallest absolute Gasteiger partial charge is 0.336 e. The molecule has 5 nitrogen and oxygen atoms in total. The fourth-order valence-corrected chi connectivity index (χ4v) is 1.66. The molecular formula is C14H12N2O3. The van der Waals surface area contributed by atoms with Crippen molar-refractivity contribution in [3.63, 3.8) is 0 Å². The van der Waals surface area contributed by atoms with Crippen LogP contribution in [0.2, 0.25) is 0 Å². The largest absolute Gasteiger partial charge is 0.478 e. The number of nitrogens with one attached hydrogen (secondary N) is 1. The van der Waals surface area contributed by atoms with Crippen LogP contribution in [-0.2, 0) is 0 Å². The maximum absolute atomic E-state index is 12.0. The summed E-state index contributed by atoms with van der Waals surface area (Å²) in [6.45, 7) is 0. The van der Waals surface area contributed by atoms with Gasteiger partial charge in [0.2, 0.25) is 0 Å². The minimum atomic E-state index is -1.19. The fourth-order valence-electron chi connectivity index (χ4n) is 1.66. The third kappa shape index (κ3) is 2.90. The summed E-state index contributed by atoms with van der Waals surface area (Å²) in [6.07, 6.45) is 0. The average molecular weight is 256 g/mol. The number of carboxylic acid groups (broad SMARTS) is 1. The molecule has 4 N–H and O–H groups in total. The number of amides is 1. The van der Waals surface area contributed by atoms with E-state index in [9.17, 15) is 9.59 Å². The van der Waals surface area contributed by atoms with Crippen LogP contribution in [0.3, 0.4) is 0 Å².